The highest BCUT2D eigenvalue weighted by Gasteiger charge is 2.35. The van der Waals surface area contributed by atoms with Crippen LogP contribution in [0.5, 0.6) is 0 Å². The molecule has 1 heterocycles. The van der Waals surface area contributed by atoms with Gasteiger partial charge in [0, 0.05) is 23.5 Å². The zero-order valence-electron chi connectivity index (χ0n) is 17.6. The summed E-state index contributed by atoms with van der Waals surface area (Å²) in [4.78, 5) is 26.6. The topological polar surface area (TPSA) is 92.8 Å². The first-order valence-corrected chi connectivity index (χ1v) is 12.7. The smallest absolute Gasteiger partial charge is 0.341 e. The lowest BCUT2D eigenvalue weighted by Crippen LogP contribution is -2.29. The molecule has 7 nitrogen and oxygen atoms in total. The van der Waals surface area contributed by atoms with E-state index in [1.165, 1.54) is 47.0 Å². The standard InChI is InChI=1S/C22H26N2O5S2/c1-24(15-10-11-15)31(27,28)16-12-8-14(9-13-16)20(25)23-21-19(22(26)29-2)17-6-4-3-5-7-18(17)30-21/h8-9,12-13,15H,3-7,10-11H2,1-2H3,(H,23,25). The molecule has 1 fully saturated rings. The number of benzene rings is 1. The van der Waals surface area contributed by atoms with Crippen LogP contribution in [0.4, 0.5) is 5.00 Å². The van der Waals surface area contributed by atoms with Crippen LogP contribution in [0.1, 0.15) is 63.3 Å². The number of ether oxygens (including phenoxy) is 1. The van der Waals surface area contributed by atoms with Crippen LogP contribution in [0, 0.1) is 0 Å². The average molecular weight is 463 g/mol. The number of carbonyl (C=O) groups is 2. The number of esters is 1. The van der Waals surface area contributed by atoms with Crippen molar-refractivity contribution in [2.45, 2.75) is 55.9 Å². The van der Waals surface area contributed by atoms with E-state index < -0.39 is 16.0 Å². The van der Waals surface area contributed by atoms with E-state index in [9.17, 15) is 18.0 Å². The molecule has 9 heteroatoms. The number of hydrogen-bond acceptors (Lipinski definition) is 6. The fraction of sp³-hybridized carbons (Fsp3) is 0.455. The Hall–Kier alpha value is -2.23. The zero-order valence-corrected chi connectivity index (χ0v) is 19.3. The summed E-state index contributed by atoms with van der Waals surface area (Å²) in [6.45, 7) is 0. The quantitative estimate of drug-likeness (QED) is 0.520. The Morgan fingerprint density at radius 1 is 1.10 bits per heavy atom. The Labute approximate surface area is 186 Å². The molecule has 1 aromatic carbocycles. The highest BCUT2D eigenvalue weighted by atomic mass is 32.2. The Kier molecular flexibility index (Phi) is 6.18. The monoisotopic (exact) mass is 462 g/mol. The first-order valence-electron chi connectivity index (χ1n) is 10.4. The van der Waals surface area contributed by atoms with Gasteiger partial charge in [0.05, 0.1) is 17.6 Å². The molecule has 2 aliphatic carbocycles. The van der Waals surface area contributed by atoms with Gasteiger partial charge in [-0.25, -0.2) is 13.2 Å². The van der Waals surface area contributed by atoms with E-state index in [-0.39, 0.29) is 16.8 Å². The van der Waals surface area contributed by atoms with Gasteiger partial charge in [-0.15, -0.1) is 11.3 Å². The van der Waals surface area contributed by atoms with Crippen molar-refractivity contribution in [2.24, 2.45) is 0 Å². The normalized spacial score (nSPS) is 16.5. The molecule has 0 atom stereocenters. The molecule has 0 bridgehead atoms. The molecule has 0 unspecified atom stereocenters. The van der Waals surface area contributed by atoms with Gasteiger partial charge in [-0.1, -0.05) is 6.42 Å². The number of aryl methyl sites for hydroxylation is 1. The van der Waals surface area contributed by atoms with Crippen LogP contribution in [0.25, 0.3) is 0 Å². The van der Waals surface area contributed by atoms with E-state index in [1.807, 2.05) is 0 Å². The van der Waals surface area contributed by atoms with Crippen molar-refractivity contribution in [1.82, 2.24) is 4.31 Å². The highest BCUT2D eigenvalue weighted by Crippen LogP contribution is 2.38. The average Bonchev–Trinajstić information content (AvgIpc) is 3.58. The number of amides is 1. The van der Waals surface area contributed by atoms with Crippen LogP contribution in [-0.4, -0.2) is 44.8 Å². The fourth-order valence-corrected chi connectivity index (χ4v) is 6.59. The fourth-order valence-electron chi connectivity index (χ4n) is 3.90. The maximum Gasteiger partial charge on any atom is 0.341 e. The molecule has 2 aromatic rings. The maximum atomic E-state index is 12.9. The van der Waals surface area contributed by atoms with Crippen LogP contribution in [-0.2, 0) is 27.6 Å². The minimum absolute atomic E-state index is 0.0683. The van der Waals surface area contributed by atoms with Crippen LogP contribution in [0.3, 0.4) is 0 Å². The summed E-state index contributed by atoms with van der Waals surface area (Å²) in [5.74, 6) is -0.833. The van der Waals surface area contributed by atoms with Gasteiger partial charge in [0.25, 0.3) is 5.91 Å². The highest BCUT2D eigenvalue weighted by molar-refractivity contribution is 7.89. The largest absolute Gasteiger partial charge is 0.465 e. The molecule has 166 valence electrons. The van der Waals surface area contributed by atoms with E-state index in [1.54, 1.807) is 7.05 Å². The number of nitrogens with zero attached hydrogens (tertiary/aromatic N) is 1. The van der Waals surface area contributed by atoms with E-state index >= 15 is 0 Å². The first-order chi connectivity index (χ1) is 14.8. The van der Waals surface area contributed by atoms with Crippen LogP contribution >= 0.6 is 11.3 Å². The summed E-state index contributed by atoms with van der Waals surface area (Å²) in [6.07, 6.45) is 6.63. The molecular weight excluding hydrogens is 436 g/mol. The molecule has 0 spiro atoms. The SMILES string of the molecule is COC(=O)c1c(NC(=O)c2ccc(S(=O)(=O)N(C)C3CC3)cc2)sc2c1CCCCC2. The third-order valence-electron chi connectivity index (χ3n) is 5.89. The molecule has 4 rings (SSSR count). The number of anilines is 1. The lowest BCUT2D eigenvalue weighted by Gasteiger charge is -2.16. The molecule has 1 saturated carbocycles. The number of sulfonamides is 1. The maximum absolute atomic E-state index is 12.9. The van der Waals surface area contributed by atoms with Crippen molar-refractivity contribution in [1.29, 1.82) is 0 Å². The van der Waals surface area contributed by atoms with Gasteiger partial charge in [-0.05, 0) is 68.4 Å². The van der Waals surface area contributed by atoms with Gasteiger partial charge in [0.2, 0.25) is 10.0 Å². The number of nitrogens with one attached hydrogen (secondary N) is 1. The second-order valence-electron chi connectivity index (χ2n) is 7.99. The summed E-state index contributed by atoms with van der Waals surface area (Å²) >= 11 is 1.43. The summed E-state index contributed by atoms with van der Waals surface area (Å²) in [6, 6.07) is 5.97. The third kappa shape index (κ3) is 4.40. The van der Waals surface area contributed by atoms with Gasteiger partial charge in [0.1, 0.15) is 5.00 Å². The van der Waals surface area contributed by atoms with Crippen LogP contribution in [0.15, 0.2) is 29.2 Å². The Balaban J connectivity index is 1.56. The van der Waals surface area contributed by atoms with E-state index in [0.29, 0.717) is 16.1 Å². The van der Waals surface area contributed by atoms with Gasteiger partial charge >= 0.3 is 5.97 Å². The molecule has 1 N–H and O–H groups in total. The minimum atomic E-state index is -3.56. The van der Waals surface area contributed by atoms with Gasteiger partial charge in [-0.2, -0.15) is 4.31 Å². The van der Waals surface area contributed by atoms with Crippen LogP contribution in [0.2, 0.25) is 0 Å². The van der Waals surface area contributed by atoms with E-state index in [4.69, 9.17) is 4.74 Å². The molecule has 31 heavy (non-hydrogen) atoms. The minimum Gasteiger partial charge on any atom is -0.465 e. The van der Waals surface area contributed by atoms with Gasteiger partial charge in [-0.3, -0.25) is 4.79 Å². The number of hydrogen-bond donors (Lipinski definition) is 1. The third-order valence-corrected chi connectivity index (χ3v) is 9.02. The molecular formula is C22H26N2O5S2. The second-order valence-corrected chi connectivity index (χ2v) is 11.1. The van der Waals surface area contributed by atoms with Crippen molar-refractivity contribution in [3.8, 4) is 0 Å². The number of carbonyl (C=O) groups excluding carboxylic acids is 2. The number of methoxy groups -OCH3 is 1. The molecule has 1 aromatic heterocycles. The van der Waals surface area contributed by atoms with Crippen molar-refractivity contribution in [3.05, 3.63) is 45.8 Å². The lowest BCUT2D eigenvalue weighted by molar-refractivity contribution is 0.0601. The van der Waals surface area contributed by atoms with E-state index in [0.717, 1.165) is 55.4 Å². The summed E-state index contributed by atoms with van der Waals surface area (Å²) in [7, 11) is -0.636. The lowest BCUT2D eigenvalue weighted by atomic mass is 10.1. The summed E-state index contributed by atoms with van der Waals surface area (Å²) in [5.41, 5.74) is 1.75. The Morgan fingerprint density at radius 3 is 2.42 bits per heavy atom. The molecule has 2 aliphatic rings. The summed E-state index contributed by atoms with van der Waals surface area (Å²) < 4.78 is 31.7. The second kappa shape index (κ2) is 8.72. The first kappa shape index (κ1) is 22.0. The number of rotatable bonds is 6. The van der Waals surface area contributed by atoms with Crippen molar-refractivity contribution in [2.75, 3.05) is 19.5 Å². The van der Waals surface area contributed by atoms with Crippen LogP contribution < -0.4 is 5.32 Å². The molecule has 1 amide bonds. The predicted octanol–water partition coefficient (Wildman–Crippen LogP) is 3.84. The zero-order chi connectivity index (χ0) is 22.2. The van der Waals surface area contributed by atoms with Crippen molar-refractivity contribution < 1.29 is 22.7 Å². The Bertz CT molecular complexity index is 1100. The molecule has 0 aliphatic heterocycles. The number of thiophene rings is 1. The predicted molar refractivity (Wildman–Crippen MR) is 119 cm³/mol. The summed E-state index contributed by atoms with van der Waals surface area (Å²) in [5, 5.41) is 3.34. The van der Waals surface area contributed by atoms with Gasteiger partial charge < -0.3 is 10.1 Å². The molecule has 0 radical (unpaired) electrons. The van der Waals surface area contributed by atoms with E-state index in [2.05, 4.69) is 5.32 Å². The van der Waals surface area contributed by atoms with Crippen molar-refractivity contribution >= 4 is 38.2 Å². The Morgan fingerprint density at radius 2 is 1.77 bits per heavy atom. The van der Waals surface area contributed by atoms with Gasteiger partial charge in [0.15, 0.2) is 0 Å². The number of fused-ring (bicyclic) bond motifs is 1. The molecule has 0 saturated heterocycles. The van der Waals surface area contributed by atoms with Crippen molar-refractivity contribution in [3.63, 3.8) is 0 Å².